The molecule has 0 aliphatic rings. The minimum absolute atomic E-state index is 0.153. The van der Waals surface area contributed by atoms with Gasteiger partial charge in [-0.15, -0.1) is 0 Å². The summed E-state index contributed by atoms with van der Waals surface area (Å²) in [6.45, 7) is 1.77. The predicted octanol–water partition coefficient (Wildman–Crippen LogP) is 2.22. The maximum atomic E-state index is 12.2. The first-order valence-electron chi connectivity index (χ1n) is 4.79. The van der Waals surface area contributed by atoms with E-state index in [1.165, 1.54) is 24.3 Å². The van der Waals surface area contributed by atoms with Crippen LogP contribution in [0.2, 0.25) is 0 Å². The van der Waals surface area contributed by atoms with Crippen LogP contribution >= 0.6 is 0 Å². The molecule has 1 aromatic carbocycles. The number of aliphatic hydroxyl groups excluding tert-OH is 1. The average molecular weight is 230 g/mol. The second kappa shape index (κ2) is 5.55. The molecule has 1 unspecified atom stereocenters. The largest absolute Gasteiger partial charge is 0.464 e. The molecule has 88 valence electrons. The highest BCUT2D eigenvalue weighted by Gasteiger charge is 2.18. The third-order valence-corrected chi connectivity index (χ3v) is 2.01. The van der Waals surface area contributed by atoms with Gasteiger partial charge in [0.1, 0.15) is 0 Å². The molecule has 1 N–H and O–H groups in total. The van der Waals surface area contributed by atoms with Crippen molar-refractivity contribution in [3.8, 4) is 0 Å². The Morgan fingerprint density at radius 1 is 1.31 bits per heavy atom. The number of rotatable bonds is 4. The highest BCUT2D eigenvalue weighted by Crippen LogP contribution is 2.21. The van der Waals surface area contributed by atoms with Crippen LogP contribution in [0, 0.1) is 0 Å². The normalized spacial score (nSPS) is 12.6. The zero-order valence-corrected chi connectivity index (χ0v) is 8.69. The minimum Gasteiger partial charge on any atom is -0.464 e. The third-order valence-electron chi connectivity index (χ3n) is 2.01. The Balaban J connectivity index is 2.77. The summed E-state index contributed by atoms with van der Waals surface area (Å²) in [5.74, 6) is -0.785. The summed E-state index contributed by atoms with van der Waals surface area (Å²) in [4.78, 5) is 11.1. The molecular weight excluding hydrogens is 218 g/mol. The van der Waals surface area contributed by atoms with Crippen molar-refractivity contribution in [1.82, 2.24) is 0 Å². The molecule has 1 rings (SSSR count). The lowest BCUT2D eigenvalue weighted by Crippen LogP contribution is -2.15. The number of hydrogen-bond acceptors (Lipinski definition) is 3. The van der Waals surface area contributed by atoms with Gasteiger partial charge in [0.25, 0.3) is 6.43 Å². The number of ether oxygens (including phenoxy) is 1. The van der Waals surface area contributed by atoms with Gasteiger partial charge in [0.05, 0.1) is 6.61 Å². The smallest absolute Gasteiger partial charge is 0.339 e. The Morgan fingerprint density at radius 2 is 1.81 bits per heavy atom. The van der Waals surface area contributed by atoms with E-state index in [0.29, 0.717) is 0 Å². The third kappa shape index (κ3) is 3.00. The van der Waals surface area contributed by atoms with E-state index in [0.717, 1.165) is 0 Å². The van der Waals surface area contributed by atoms with Crippen LogP contribution in [0.5, 0.6) is 0 Å². The molecule has 5 heteroatoms. The fourth-order valence-electron chi connectivity index (χ4n) is 1.18. The second-order valence-corrected chi connectivity index (χ2v) is 3.12. The van der Waals surface area contributed by atoms with Crippen molar-refractivity contribution in [2.75, 3.05) is 6.61 Å². The van der Waals surface area contributed by atoms with E-state index < -0.39 is 18.5 Å². The number of aliphatic hydroxyl groups is 1. The van der Waals surface area contributed by atoms with Crippen LogP contribution in [0.25, 0.3) is 0 Å². The maximum absolute atomic E-state index is 12.2. The van der Waals surface area contributed by atoms with Gasteiger partial charge in [-0.1, -0.05) is 24.3 Å². The molecule has 0 radical (unpaired) electrons. The Hall–Kier alpha value is -1.49. The summed E-state index contributed by atoms with van der Waals surface area (Å²) in [6.07, 6.45) is -3.99. The van der Waals surface area contributed by atoms with Crippen LogP contribution in [0.1, 0.15) is 30.6 Å². The molecule has 0 amide bonds. The molecule has 0 aliphatic heterocycles. The van der Waals surface area contributed by atoms with Crippen molar-refractivity contribution in [3.05, 3.63) is 35.4 Å². The fourth-order valence-corrected chi connectivity index (χ4v) is 1.18. The second-order valence-electron chi connectivity index (χ2n) is 3.12. The first kappa shape index (κ1) is 12.6. The minimum atomic E-state index is -2.56. The molecule has 1 aromatic rings. The van der Waals surface area contributed by atoms with Crippen molar-refractivity contribution in [1.29, 1.82) is 0 Å². The molecular formula is C11H12F2O3. The predicted molar refractivity (Wildman–Crippen MR) is 53.0 cm³/mol. The van der Waals surface area contributed by atoms with Gasteiger partial charge >= 0.3 is 5.97 Å². The van der Waals surface area contributed by atoms with Crippen molar-refractivity contribution < 1.29 is 23.4 Å². The van der Waals surface area contributed by atoms with Gasteiger partial charge in [-0.05, 0) is 12.5 Å². The zero-order valence-electron chi connectivity index (χ0n) is 8.69. The molecule has 0 saturated heterocycles. The molecule has 0 aromatic heterocycles. The first-order valence-corrected chi connectivity index (χ1v) is 4.79. The first-order chi connectivity index (χ1) is 7.56. The van der Waals surface area contributed by atoms with E-state index in [4.69, 9.17) is 0 Å². The molecule has 0 bridgehead atoms. The molecule has 0 aliphatic carbocycles. The van der Waals surface area contributed by atoms with Crippen LogP contribution in [0.3, 0.4) is 0 Å². The molecule has 0 fully saturated rings. The Labute approximate surface area is 91.7 Å². The number of hydrogen-bond donors (Lipinski definition) is 1. The average Bonchev–Trinajstić information content (AvgIpc) is 2.28. The summed E-state index contributed by atoms with van der Waals surface area (Å²) >= 11 is 0. The van der Waals surface area contributed by atoms with E-state index in [2.05, 4.69) is 4.74 Å². The topological polar surface area (TPSA) is 46.5 Å². The monoisotopic (exact) mass is 230 g/mol. The van der Waals surface area contributed by atoms with E-state index >= 15 is 0 Å². The summed E-state index contributed by atoms with van der Waals surface area (Å²) in [5.41, 5.74) is 0.0858. The molecule has 16 heavy (non-hydrogen) atoms. The van der Waals surface area contributed by atoms with Crippen LogP contribution < -0.4 is 0 Å². The van der Waals surface area contributed by atoms with Gasteiger partial charge in [-0.25, -0.2) is 13.6 Å². The van der Waals surface area contributed by atoms with Gasteiger partial charge in [0, 0.05) is 5.56 Å². The highest BCUT2D eigenvalue weighted by molar-refractivity contribution is 5.76. The lowest BCUT2D eigenvalue weighted by molar-refractivity contribution is -0.153. The number of carbonyl (C=O) groups excluding carboxylic acids is 1. The molecule has 0 saturated carbocycles. The van der Waals surface area contributed by atoms with Crippen LogP contribution in [-0.4, -0.2) is 17.7 Å². The van der Waals surface area contributed by atoms with Crippen molar-refractivity contribution in [2.45, 2.75) is 19.5 Å². The summed E-state index contributed by atoms with van der Waals surface area (Å²) in [7, 11) is 0. The Bertz CT molecular complexity index is 349. The maximum Gasteiger partial charge on any atom is 0.339 e. The molecule has 1 atom stereocenters. The summed E-state index contributed by atoms with van der Waals surface area (Å²) in [5, 5.41) is 9.49. The standard InChI is InChI=1S/C11H12F2O3/c1-2-16-11(15)9(14)7-3-5-8(6-4-7)10(12)13/h3-6,9-10,14H,2H2,1H3. The van der Waals surface area contributed by atoms with Crippen molar-refractivity contribution >= 4 is 5.97 Å². The quantitative estimate of drug-likeness (QED) is 0.807. The number of esters is 1. The SMILES string of the molecule is CCOC(=O)C(O)c1ccc(C(F)F)cc1. The van der Waals surface area contributed by atoms with Crippen LogP contribution in [0.4, 0.5) is 8.78 Å². The molecule has 0 heterocycles. The van der Waals surface area contributed by atoms with Gasteiger partial charge in [0.2, 0.25) is 0 Å². The van der Waals surface area contributed by atoms with Gasteiger partial charge in [-0.2, -0.15) is 0 Å². The van der Waals surface area contributed by atoms with Crippen molar-refractivity contribution in [2.24, 2.45) is 0 Å². The van der Waals surface area contributed by atoms with Crippen LogP contribution in [0.15, 0.2) is 24.3 Å². The summed E-state index contributed by atoms with van der Waals surface area (Å²) < 4.78 is 29.0. The van der Waals surface area contributed by atoms with E-state index in [9.17, 15) is 18.7 Å². The van der Waals surface area contributed by atoms with Crippen LogP contribution in [-0.2, 0) is 9.53 Å². The number of carbonyl (C=O) groups is 1. The fraction of sp³-hybridized carbons (Fsp3) is 0.364. The lowest BCUT2D eigenvalue weighted by Gasteiger charge is -2.10. The van der Waals surface area contributed by atoms with Gasteiger partial charge < -0.3 is 9.84 Å². The lowest BCUT2D eigenvalue weighted by atomic mass is 10.1. The number of benzene rings is 1. The van der Waals surface area contributed by atoms with Gasteiger partial charge in [0.15, 0.2) is 6.10 Å². The zero-order chi connectivity index (χ0) is 12.1. The number of halogens is 2. The molecule has 0 spiro atoms. The van der Waals surface area contributed by atoms with E-state index in [-0.39, 0.29) is 17.7 Å². The van der Waals surface area contributed by atoms with Crippen molar-refractivity contribution in [3.63, 3.8) is 0 Å². The van der Waals surface area contributed by atoms with E-state index in [1.54, 1.807) is 6.92 Å². The highest BCUT2D eigenvalue weighted by atomic mass is 19.3. The Kier molecular flexibility index (Phi) is 4.37. The van der Waals surface area contributed by atoms with Gasteiger partial charge in [-0.3, -0.25) is 0 Å². The Morgan fingerprint density at radius 3 is 2.25 bits per heavy atom. The number of alkyl halides is 2. The van der Waals surface area contributed by atoms with E-state index in [1.807, 2.05) is 0 Å². The molecule has 3 nitrogen and oxygen atoms in total. The summed E-state index contributed by atoms with van der Waals surface area (Å²) in [6, 6.07) is 4.90.